The Kier molecular flexibility index (Phi) is 7.45. The van der Waals surface area contributed by atoms with Gasteiger partial charge in [0, 0.05) is 39.8 Å². The first kappa shape index (κ1) is 30.9. The van der Waals surface area contributed by atoms with E-state index in [0.717, 1.165) is 23.1 Å². The number of rotatable bonds is 6. The number of halogens is 6. The fourth-order valence-electron chi connectivity index (χ4n) is 5.80. The first-order valence-corrected chi connectivity index (χ1v) is 13.9. The van der Waals surface area contributed by atoms with Crippen LogP contribution in [0.15, 0.2) is 79.0 Å². The number of aromatic nitrogens is 1. The Morgan fingerprint density at radius 3 is 2.41 bits per heavy atom. The van der Waals surface area contributed by atoms with Crippen LogP contribution >= 0.6 is 11.6 Å². The average molecular weight is 654 g/mol. The molecule has 0 fully saturated rings. The first-order chi connectivity index (χ1) is 21.7. The lowest BCUT2D eigenvalue weighted by atomic mass is 9.83. The number of carbonyl (C=O) groups is 2. The Labute approximate surface area is 262 Å². The maximum atomic E-state index is 16.0. The molecule has 2 heterocycles. The molecule has 6 rings (SSSR count). The number of hydrogen-bond donors (Lipinski definition) is 2. The largest absolute Gasteiger partial charge is 0.497 e. The number of pyridine rings is 1. The maximum absolute atomic E-state index is 16.0. The Morgan fingerprint density at radius 1 is 1.04 bits per heavy atom. The summed E-state index contributed by atoms with van der Waals surface area (Å²) in [5.41, 5.74) is -0.984. The van der Waals surface area contributed by atoms with E-state index in [2.05, 4.69) is 4.98 Å². The van der Waals surface area contributed by atoms with E-state index in [1.807, 2.05) is 0 Å². The molecule has 1 aliphatic rings. The van der Waals surface area contributed by atoms with Gasteiger partial charge >= 0.3 is 6.18 Å². The SMILES string of the molecule is COc1ccc(CN2C(=O)c3c(c(-c4c(F)cc(C(F)(F)F)cc4C(N)=O)cc4ncccc34)C2(O)c2cc(F)ccc2Cl)cc1. The molecule has 0 bridgehead atoms. The second kappa shape index (κ2) is 11.1. The lowest BCUT2D eigenvalue weighted by molar-refractivity contribution is -0.137. The fourth-order valence-corrected chi connectivity index (χ4v) is 6.05. The molecule has 0 saturated carbocycles. The molecular formula is C33H21ClF5N3O4. The van der Waals surface area contributed by atoms with Gasteiger partial charge in [0.25, 0.3) is 5.91 Å². The number of amides is 2. The van der Waals surface area contributed by atoms with Gasteiger partial charge in [-0.2, -0.15) is 13.2 Å². The number of benzene rings is 4. The van der Waals surface area contributed by atoms with Crippen LogP contribution in [0.2, 0.25) is 5.02 Å². The fraction of sp³-hybridized carbons (Fsp3) is 0.121. The van der Waals surface area contributed by atoms with Gasteiger partial charge in [-0.15, -0.1) is 0 Å². The smallest absolute Gasteiger partial charge is 0.416 e. The van der Waals surface area contributed by atoms with Crippen LogP contribution in [0.3, 0.4) is 0 Å². The number of fused-ring (bicyclic) bond motifs is 3. The van der Waals surface area contributed by atoms with Crippen molar-refractivity contribution in [2.75, 3.05) is 7.11 Å². The highest BCUT2D eigenvalue weighted by Gasteiger charge is 2.54. The van der Waals surface area contributed by atoms with Gasteiger partial charge in [0.2, 0.25) is 5.91 Å². The number of aliphatic hydroxyl groups is 1. The van der Waals surface area contributed by atoms with E-state index in [1.165, 1.54) is 31.5 Å². The van der Waals surface area contributed by atoms with Crippen LogP contribution in [0.1, 0.15) is 43.0 Å². The zero-order chi connectivity index (χ0) is 33.1. The number of nitrogens with zero attached hydrogens (tertiary/aromatic N) is 2. The quantitative estimate of drug-likeness (QED) is 0.196. The minimum Gasteiger partial charge on any atom is -0.497 e. The van der Waals surface area contributed by atoms with Crippen LogP contribution < -0.4 is 10.5 Å². The van der Waals surface area contributed by atoms with Crippen molar-refractivity contribution in [1.82, 2.24) is 9.88 Å². The van der Waals surface area contributed by atoms with E-state index in [9.17, 15) is 32.3 Å². The maximum Gasteiger partial charge on any atom is 0.416 e. The van der Waals surface area contributed by atoms with Gasteiger partial charge in [-0.1, -0.05) is 29.8 Å². The molecule has 7 nitrogen and oxygen atoms in total. The number of carbonyl (C=O) groups excluding carboxylic acids is 2. The predicted octanol–water partition coefficient (Wildman–Crippen LogP) is 6.81. The van der Waals surface area contributed by atoms with Crippen LogP contribution in [0.5, 0.6) is 5.75 Å². The average Bonchev–Trinajstić information content (AvgIpc) is 3.24. The summed E-state index contributed by atoms with van der Waals surface area (Å²) >= 11 is 6.52. The molecule has 1 unspecified atom stereocenters. The van der Waals surface area contributed by atoms with Gasteiger partial charge in [0.1, 0.15) is 17.4 Å². The summed E-state index contributed by atoms with van der Waals surface area (Å²) in [4.78, 5) is 32.3. The molecule has 13 heteroatoms. The molecule has 0 saturated heterocycles. The van der Waals surface area contributed by atoms with Crippen molar-refractivity contribution in [2.45, 2.75) is 18.4 Å². The molecule has 1 aliphatic heterocycles. The summed E-state index contributed by atoms with van der Waals surface area (Å²) in [6, 6.07) is 14.3. The molecular weight excluding hydrogens is 633 g/mol. The van der Waals surface area contributed by atoms with E-state index in [4.69, 9.17) is 22.1 Å². The molecule has 2 amide bonds. The molecule has 0 spiro atoms. The number of nitrogens with two attached hydrogens (primary N) is 1. The molecule has 1 aromatic heterocycles. The summed E-state index contributed by atoms with van der Waals surface area (Å²) in [5.74, 6) is -4.10. The van der Waals surface area contributed by atoms with Crippen molar-refractivity contribution in [3.05, 3.63) is 129 Å². The third kappa shape index (κ3) is 4.90. The molecule has 4 aromatic carbocycles. The van der Waals surface area contributed by atoms with Crippen LogP contribution in [-0.2, 0) is 18.4 Å². The van der Waals surface area contributed by atoms with Crippen LogP contribution in [0.4, 0.5) is 22.0 Å². The molecule has 0 radical (unpaired) electrons. The summed E-state index contributed by atoms with van der Waals surface area (Å²) in [7, 11) is 1.46. The Bertz CT molecular complexity index is 2070. The second-order valence-electron chi connectivity index (χ2n) is 10.5. The van der Waals surface area contributed by atoms with Gasteiger partial charge in [0.05, 0.1) is 29.3 Å². The Hall–Kier alpha value is -5.07. The Morgan fingerprint density at radius 2 is 1.76 bits per heavy atom. The van der Waals surface area contributed by atoms with E-state index in [-0.39, 0.29) is 50.8 Å². The van der Waals surface area contributed by atoms with Crippen molar-refractivity contribution in [3.63, 3.8) is 0 Å². The molecule has 1 atom stereocenters. The van der Waals surface area contributed by atoms with E-state index in [0.29, 0.717) is 17.4 Å². The van der Waals surface area contributed by atoms with E-state index < -0.39 is 52.0 Å². The highest BCUT2D eigenvalue weighted by Crippen LogP contribution is 2.52. The lowest BCUT2D eigenvalue weighted by Gasteiger charge is -2.36. The molecule has 46 heavy (non-hydrogen) atoms. The minimum absolute atomic E-state index is 0.0818. The van der Waals surface area contributed by atoms with E-state index in [1.54, 1.807) is 24.3 Å². The number of hydrogen-bond acceptors (Lipinski definition) is 5. The van der Waals surface area contributed by atoms with Crippen LogP contribution in [-0.4, -0.2) is 33.9 Å². The topological polar surface area (TPSA) is 106 Å². The number of primary amides is 1. The molecule has 0 aliphatic carbocycles. The third-order valence-corrected chi connectivity index (χ3v) is 8.19. The van der Waals surface area contributed by atoms with Crippen molar-refractivity contribution in [2.24, 2.45) is 5.73 Å². The zero-order valence-electron chi connectivity index (χ0n) is 23.6. The van der Waals surface area contributed by atoms with Crippen LogP contribution in [0, 0.1) is 11.6 Å². The Balaban J connectivity index is 1.74. The minimum atomic E-state index is -5.04. The highest BCUT2D eigenvalue weighted by molar-refractivity contribution is 6.31. The molecule has 5 aromatic rings. The third-order valence-electron chi connectivity index (χ3n) is 7.86. The number of ether oxygens (including phenoxy) is 1. The van der Waals surface area contributed by atoms with Crippen molar-refractivity contribution in [1.29, 1.82) is 0 Å². The summed E-state index contributed by atoms with van der Waals surface area (Å²) < 4.78 is 77.0. The lowest BCUT2D eigenvalue weighted by Crippen LogP contribution is -2.44. The van der Waals surface area contributed by atoms with Gasteiger partial charge in [-0.3, -0.25) is 19.5 Å². The first-order valence-electron chi connectivity index (χ1n) is 13.5. The zero-order valence-corrected chi connectivity index (χ0v) is 24.4. The highest BCUT2D eigenvalue weighted by atomic mass is 35.5. The predicted molar refractivity (Wildman–Crippen MR) is 158 cm³/mol. The van der Waals surface area contributed by atoms with Crippen molar-refractivity contribution < 1.29 is 41.4 Å². The molecule has 234 valence electrons. The summed E-state index contributed by atoms with van der Waals surface area (Å²) in [6.45, 7) is -0.305. The summed E-state index contributed by atoms with van der Waals surface area (Å²) in [5, 5.41) is 12.8. The monoisotopic (exact) mass is 653 g/mol. The van der Waals surface area contributed by atoms with Crippen molar-refractivity contribution in [3.8, 4) is 16.9 Å². The van der Waals surface area contributed by atoms with Gasteiger partial charge < -0.3 is 15.6 Å². The van der Waals surface area contributed by atoms with Crippen LogP contribution in [0.25, 0.3) is 22.0 Å². The summed E-state index contributed by atoms with van der Waals surface area (Å²) in [6.07, 6.45) is -3.68. The number of methoxy groups -OCH3 is 1. The second-order valence-corrected chi connectivity index (χ2v) is 10.9. The van der Waals surface area contributed by atoms with Gasteiger partial charge in [-0.05, 0) is 65.7 Å². The van der Waals surface area contributed by atoms with Crippen molar-refractivity contribution >= 4 is 34.3 Å². The van der Waals surface area contributed by atoms with Gasteiger partial charge in [0.15, 0.2) is 5.72 Å². The normalized spacial score (nSPS) is 16.2. The van der Waals surface area contributed by atoms with E-state index >= 15 is 4.39 Å². The standard InChI is InChI=1S/C33H21ClF5N3O4/c1-46-19-7-4-16(5-8-19)15-42-31(44)28-20-3-2-10-41-26(20)14-21(29(28)32(42,45)23-13-18(35)6-9-24(23)34)27-22(30(40)43)11-17(12-25(27)36)33(37,38)39/h2-14,45H,15H2,1H3,(H2,40,43). The van der Waals surface area contributed by atoms with Gasteiger partial charge in [-0.25, -0.2) is 8.78 Å². The number of alkyl halides is 3. The molecule has 3 N–H and O–H groups in total.